The second-order valence-electron chi connectivity index (χ2n) is 0. The summed E-state index contributed by atoms with van der Waals surface area (Å²) in [7, 11) is 0. The largest absolute Gasteiger partial charge is 0.187 e. The maximum Gasteiger partial charge on any atom is 0.187 e. The van der Waals surface area contributed by atoms with Crippen LogP contribution in [0.1, 0.15) is 0 Å². The molecule has 0 aromatic carbocycles. The molecule has 0 saturated heterocycles. The van der Waals surface area contributed by atoms with E-state index in [1.54, 1.807) is 0 Å². The van der Waals surface area contributed by atoms with Crippen LogP contribution in [0.15, 0.2) is 0 Å². The predicted octanol–water partition coefficient (Wildman–Crippen LogP) is -1.19. The van der Waals surface area contributed by atoms with Gasteiger partial charge in [0.25, 0.3) is 0 Å². The van der Waals surface area contributed by atoms with Gasteiger partial charge in [-0.3, -0.25) is 0 Å². The summed E-state index contributed by atoms with van der Waals surface area (Å²) in [5, 5.41) is 0. The summed E-state index contributed by atoms with van der Waals surface area (Å²) in [6, 6.07) is 0. The molecule has 0 N–H and O–H groups in total. The van der Waals surface area contributed by atoms with Crippen LogP contribution in [0.25, 0.3) is 0 Å². The second-order valence-corrected chi connectivity index (χ2v) is 0. The minimum absolute atomic E-state index is 0. The van der Waals surface area contributed by atoms with Gasteiger partial charge in [0.15, 0.2) is 17.4 Å². The summed E-state index contributed by atoms with van der Waals surface area (Å²) < 4.78 is 0. The Balaban J connectivity index is 0. The van der Waals surface area contributed by atoms with Gasteiger partial charge < -0.3 is 0 Å². The fraction of sp³-hybridized carbons (Fsp3) is 0. The van der Waals surface area contributed by atoms with Crippen LogP contribution in [0.3, 0.4) is 0 Å². The van der Waals surface area contributed by atoms with E-state index in [1.807, 2.05) is 0 Å². The Hall–Kier alpha value is 2.26. The molecule has 0 fully saturated rings. The van der Waals surface area contributed by atoms with E-state index in [0.717, 1.165) is 0 Å². The van der Waals surface area contributed by atoms with Crippen LogP contribution in [0.4, 0.5) is 0 Å². The summed E-state index contributed by atoms with van der Waals surface area (Å²) in [6.07, 6.45) is 0. The number of rotatable bonds is 0. The molecule has 0 amide bonds. The zero-order valence-electron chi connectivity index (χ0n) is 1.17. The SMILES string of the molecule is [AlH3].[Fe].[Ni].[Ti]. The Morgan fingerprint density at radius 1 is 1.00 bits per heavy atom. The molecule has 0 aliphatic rings. The summed E-state index contributed by atoms with van der Waals surface area (Å²) >= 11 is 0. The van der Waals surface area contributed by atoms with Crippen molar-refractivity contribution in [2.45, 2.75) is 0 Å². The van der Waals surface area contributed by atoms with Gasteiger partial charge in [-0.05, 0) is 0 Å². The first kappa shape index (κ1) is 33.9. The van der Waals surface area contributed by atoms with Crippen molar-refractivity contribution in [1.29, 1.82) is 0 Å². The first-order chi connectivity index (χ1) is 0. The van der Waals surface area contributed by atoms with Gasteiger partial charge in [0, 0.05) is 55.3 Å². The zero-order chi connectivity index (χ0) is 0. The molecule has 0 heterocycles. The third kappa shape index (κ3) is 8.86. The molecular formula is H3AlFeNiTi. The molecule has 0 nitrogen and oxygen atoms in total. The van der Waals surface area contributed by atoms with Crippen molar-refractivity contribution in [3.8, 4) is 0 Å². The molecule has 0 aromatic rings. The van der Waals surface area contributed by atoms with E-state index in [-0.39, 0.29) is 72.6 Å². The second kappa shape index (κ2) is 18.7. The van der Waals surface area contributed by atoms with Crippen molar-refractivity contribution in [3.63, 3.8) is 0 Å². The van der Waals surface area contributed by atoms with Crippen molar-refractivity contribution >= 4 is 17.4 Å². The van der Waals surface area contributed by atoms with E-state index in [0.29, 0.717) is 0 Å². The number of hydrogen-bond donors (Lipinski definition) is 0. The van der Waals surface area contributed by atoms with Crippen LogP contribution in [-0.4, -0.2) is 17.4 Å². The summed E-state index contributed by atoms with van der Waals surface area (Å²) in [5.41, 5.74) is 0. The van der Waals surface area contributed by atoms with Gasteiger partial charge in [-0.1, -0.05) is 0 Å². The molecule has 0 aromatic heterocycles. The van der Waals surface area contributed by atoms with Crippen LogP contribution in [0.2, 0.25) is 0 Å². The van der Waals surface area contributed by atoms with Crippen molar-refractivity contribution in [3.05, 3.63) is 0 Å². The molecule has 0 bridgehead atoms. The predicted molar refractivity (Wildman–Crippen MR) is 9.94 cm³/mol. The molecule has 0 radical (unpaired) electrons. The minimum atomic E-state index is 0. The van der Waals surface area contributed by atoms with Crippen molar-refractivity contribution in [1.82, 2.24) is 0 Å². The molecule has 0 rings (SSSR count). The summed E-state index contributed by atoms with van der Waals surface area (Å²) in [5.74, 6) is 0. The van der Waals surface area contributed by atoms with Crippen molar-refractivity contribution in [2.24, 2.45) is 0 Å². The Morgan fingerprint density at radius 3 is 1.00 bits per heavy atom. The zero-order valence-corrected chi connectivity index (χ0v) is 4.82. The molecule has 4 heavy (non-hydrogen) atoms. The topological polar surface area (TPSA) is 0 Å². The van der Waals surface area contributed by atoms with Crippen molar-refractivity contribution in [2.75, 3.05) is 0 Å². The van der Waals surface area contributed by atoms with Crippen LogP contribution >= 0.6 is 0 Å². The van der Waals surface area contributed by atoms with Gasteiger partial charge in [0.1, 0.15) is 0 Å². The Morgan fingerprint density at radius 2 is 1.00 bits per heavy atom. The standard InChI is InChI=1S/Al.Fe.Ni.Ti.3H. The van der Waals surface area contributed by atoms with E-state index >= 15 is 0 Å². The first-order valence-electron chi connectivity index (χ1n) is 0. The molecule has 4 heteroatoms. The van der Waals surface area contributed by atoms with Gasteiger partial charge in [0.05, 0.1) is 0 Å². The van der Waals surface area contributed by atoms with Crippen molar-refractivity contribution < 1.29 is 55.3 Å². The van der Waals surface area contributed by atoms with Gasteiger partial charge >= 0.3 is 0 Å². The molecular weight excluding hydrogens is 189 g/mol. The van der Waals surface area contributed by atoms with Crippen LogP contribution in [-0.2, 0) is 55.3 Å². The Labute approximate surface area is 71.9 Å². The van der Waals surface area contributed by atoms with Gasteiger partial charge in [0.2, 0.25) is 0 Å². The van der Waals surface area contributed by atoms with E-state index < -0.39 is 0 Å². The molecule has 0 saturated carbocycles. The maximum absolute atomic E-state index is 0. The van der Waals surface area contributed by atoms with E-state index in [9.17, 15) is 0 Å². The number of hydrogen-bond acceptors (Lipinski definition) is 0. The fourth-order valence-corrected chi connectivity index (χ4v) is 0. The van der Waals surface area contributed by atoms with Crippen LogP contribution in [0.5, 0.6) is 0 Å². The molecule has 0 aliphatic heterocycles. The molecule has 0 atom stereocenters. The smallest absolute Gasteiger partial charge is 0 e. The van der Waals surface area contributed by atoms with E-state index in [1.165, 1.54) is 0 Å². The van der Waals surface area contributed by atoms with Crippen LogP contribution < -0.4 is 0 Å². The molecule has 28 valence electrons. The Kier molecular flexibility index (Phi) is 158. The maximum atomic E-state index is 0. The average molecular weight is 192 g/mol. The third-order valence-corrected chi connectivity index (χ3v) is 0. The molecule has 0 unspecified atom stereocenters. The van der Waals surface area contributed by atoms with Gasteiger partial charge in [-0.25, -0.2) is 0 Å². The quantitative estimate of drug-likeness (QED) is 0.424. The van der Waals surface area contributed by atoms with E-state index in [4.69, 9.17) is 0 Å². The third-order valence-electron chi connectivity index (χ3n) is 0. The monoisotopic (exact) mass is 192 g/mol. The van der Waals surface area contributed by atoms with E-state index in [2.05, 4.69) is 0 Å². The summed E-state index contributed by atoms with van der Waals surface area (Å²) in [6.45, 7) is 0. The summed E-state index contributed by atoms with van der Waals surface area (Å²) in [4.78, 5) is 0. The van der Waals surface area contributed by atoms with Gasteiger partial charge in [-0.15, -0.1) is 0 Å². The van der Waals surface area contributed by atoms with Gasteiger partial charge in [-0.2, -0.15) is 0 Å². The molecule has 0 aliphatic carbocycles. The fourth-order valence-electron chi connectivity index (χ4n) is 0. The minimum Gasteiger partial charge on any atom is 0 e. The molecule has 0 spiro atoms. The first-order valence-corrected chi connectivity index (χ1v) is 0. The Bertz CT molecular complexity index is 8.00. The normalized spacial score (nSPS) is 0. The van der Waals surface area contributed by atoms with Crippen LogP contribution in [0, 0.1) is 0 Å². The average Bonchev–Trinajstić information content (AvgIpc) is 0.